The fourth-order valence-corrected chi connectivity index (χ4v) is 10.3. The van der Waals surface area contributed by atoms with E-state index in [9.17, 15) is 0 Å². The Balaban J connectivity index is 1.19. The van der Waals surface area contributed by atoms with Crippen LogP contribution in [0, 0.1) is 0 Å². The van der Waals surface area contributed by atoms with Gasteiger partial charge in [-0.15, -0.1) is 0 Å². The molecule has 1 atom stereocenters. The Labute approximate surface area is 344 Å². The number of anilines is 3. The van der Waals surface area contributed by atoms with Gasteiger partial charge in [-0.3, -0.25) is 0 Å². The van der Waals surface area contributed by atoms with Gasteiger partial charge < -0.3 is 4.90 Å². The van der Waals surface area contributed by atoms with Crippen LogP contribution in [0.4, 0.5) is 17.1 Å². The predicted octanol–water partition coefficient (Wildman–Crippen LogP) is 13.3. The van der Waals surface area contributed by atoms with E-state index in [4.69, 9.17) is 15.0 Å². The maximum atomic E-state index is 5.21. The Morgan fingerprint density at radius 3 is 1.47 bits per heavy atom. The quantitative estimate of drug-likeness (QED) is 0.179. The summed E-state index contributed by atoms with van der Waals surface area (Å²) in [5.41, 5.74) is 18.3. The first-order valence-electron chi connectivity index (χ1n) is 20.4. The third-order valence-corrected chi connectivity index (χ3v) is 12.9. The molecule has 12 rings (SSSR count). The fraction of sp³-hybridized carbons (Fsp3) is 0.0727. The third kappa shape index (κ3) is 4.69. The minimum Gasteiger partial charge on any atom is -0.310 e. The molecule has 9 aromatic rings. The number of nitrogens with zero attached hydrogens (tertiary/aromatic N) is 4. The standard InChI is InChI=1S/C55H38N4/c1-54(2)45-28-16-17-29-48(45)59(38-22-10-5-11-23-38)50-46(54)33-32-42-40-25-13-15-27-44(40)55(49(42)50)43-26-14-12-24-39(43)41-31-30-37(34-47(41)55)53-57-51(35-18-6-3-7-19-35)56-52(58-53)36-20-8-4-9-21-36/h3-34H,1-2H3. The number of benzene rings is 8. The van der Waals surface area contributed by atoms with Crippen LogP contribution in [0.25, 0.3) is 56.4 Å². The summed E-state index contributed by atoms with van der Waals surface area (Å²) >= 11 is 0. The lowest BCUT2D eigenvalue weighted by Gasteiger charge is -2.45. The van der Waals surface area contributed by atoms with Crippen LogP contribution >= 0.6 is 0 Å². The van der Waals surface area contributed by atoms with Gasteiger partial charge in [-0.05, 0) is 74.3 Å². The van der Waals surface area contributed by atoms with E-state index in [0.29, 0.717) is 17.5 Å². The molecule has 0 fully saturated rings. The summed E-state index contributed by atoms with van der Waals surface area (Å²) in [5.74, 6) is 1.95. The first-order chi connectivity index (χ1) is 29.0. The molecule has 1 spiro atoms. The molecular weight excluding hydrogens is 717 g/mol. The molecule has 278 valence electrons. The Hall–Kier alpha value is -7.43. The van der Waals surface area contributed by atoms with Gasteiger partial charge in [-0.1, -0.05) is 184 Å². The van der Waals surface area contributed by atoms with E-state index in [1.54, 1.807) is 0 Å². The Morgan fingerprint density at radius 2 is 0.847 bits per heavy atom. The van der Waals surface area contributed by atoms with Crippen molar-refractivity contribution in [1.82, 2.24) is 15.0 Å². The molecule has 8 aromatic carbocycles. The summed E-state index contributed by atoms with van der Waals surface area (Å²) in [6, 6.07) is 70.1. The zero-order chi connectivity index (χ0) is 39.3. The first kappa shape index (κ1) is 33.7. The van der Waals surface area contributed by atoms with Gasteiger partial charge in [0.25, 0.3) is 0 Å². The van der Waals surface area contributed by atoms with Gasteiger partial charge in [0.15, 0.2) is 17.5 Å². The van der Waals surface area contributed by atoms with Gasteiger partial charge in [-0.25, -0.2) is 15.0 Å². The van der Waals surface area contributed by atoms with Crippen LogP contribution < -0.4 is 4.90 Å². The molecule has 59 heavy (non-hydrogen) atoms. The van der Waals surface area contributed by atoms with Crippen LogP contribution in [0.1, 0.15) is 47.2 Å². The van der Waals surface area contributed by atoms with E-state index >= 15 is 0 Å². The van der Waals surface area contributed by atoms with Gasteiger partial charge in [-0.2, -0.15) is 0 Å². The molecule has 0 saturated heterocycles. The van der Waals surface area contributed by atoms with Crippen molar-refractivity contribution in [3.63, 3.8) is 0 Å². The Bertz CT molecular complexity index is 3070. The summed E-state index contributed by atoms with van der Waals surface area (Å²) in [6.45, 7) is 4.77. The molecule has 0 N–H and O–H groups in total. The number of hydrogen-bond donors (Lipinski definition) is 0. The number of hydrogen-bond acceptors (Lipinski definition) is 4. The second-order valence-corrected chi connectivity index (χ2v) is 16.3. The van der Waals surface area contributed by atoms with E-state index in [0.717, 1.165) is 22.4 Å². The predicted molar refractivity (Wildman–Crippen MR) is 239 cm³/mol. The molecule has 2 heterocycles. The number of fused-ring (bicyclic) bond motifs is 13. The smallest absolute Gasteiger partial charge is 0.164 e. The minimum atomic E-state index is -0.633. The minimum absolute atomic E-state index is 0.266. The summed E-state index contributed by atoms with van der Waals surface area (Å²) in [6.07, 6.45) is 0. The van der Waals surface area contributed by atoms with Crippen LogP contribution in [0.5, 0.6) is 0 Å². The van der Waals surface area contributed by atoms with Crippen molar-refractivity contribution in [1.29, 1.82) is 0 Å². The molecule has 0 saturated carbocycles. The molecule has 0 radical (unpaired) electrons. The van der Waals surface area contributed by atoms with Crippen molar-refractivity contribution in [3.05, 3.63) is 228 Å². The normalized spacial score (nSPS) is 16.1. The van der Waals surface area contributed by atoms with E-state index in [1.165, 1.54) is 67.0 Å². The lowest BCUT2D eigenvalue weighted by Crippen LogP contribution is -2.35. The highest BCUT2D eigenvalue weighted by molar-refractivity contribution is 6.02. The summed E-state index contributed by atoms with van der Waals surface area (Å²) in [5, 5.41) is 0. The molecular formula is C55H38N4. The van der Waals surface area contributed by atoms with E-state index in [2.05, 4.69) is 176 Å². The molecule has 2 aliphatic carbocycles. The second-order valence-electron chi connectivity index (χ2n) is 16.3. The lowest BCUT2D eigenvalue weighted by atomic mass is 9.66. The molecule has 1 unspecified atom stereocenters. The highest BCUT2D eigenvalue weighted by Crippen LogP contribution is 2.68. The molecule has 3 aliphatic rings. The Kier molecular flexibility index (Phi) is 7.16. The average Bonchev–Trinajstić information content (AvgIpc) is 3.77. The molecule has 1 aromatic heterocycles. The first-order valence-corrected chi connectivity index (χ1v) is 20.4. The van der Waals surface area contributed by atoms with E-state index in [-0.39, 0.29) is 5.41 Å². The topological polar surface area (TPSA) is 41.9 Å². The van der Waals surface area contributed by atoms with Crippen LogP contribution in [0.3, 0.4) is 0 Å². The van der Waals surface area contributed by atoms with Crippen LogP contribution in [0.2, 0.25) is 0 Å². The zero-order valence-electron chi connectivity index (χ0n) is 32.8. The lowest BCUT2D eigenvalue weighted by molar-refractivity contribution is 0.628. The second kappa shape index (κ2) is 12.5. The van der Waals surface area contributed by atoms with E-state index in [1.807, 2.05) is 36.4 Å². The van der Waals surface area contributed by atoms with Gasteiger partial charge in [0.2, 0.25) is 0 Å². The molecule has 4 heteroatoms. The van der Waals surface area contributed by atoms with Crippen molar-refractivity contribution in [3.8, 4) is 56.4 Å². The number of aromatic nitrogens is 3. The zero-order valence-corrected chi connectivity index (χ0v) is 32.8. The van der Waals surface area contributed by atoms with Crippen LogP contribution in [-0.4, -0.2) is 15.0 Å². The molecule has 0 bridgehead atoms. The van der Waals surface area contributed by atoms with Gasteiger partial charge >= 0.3 is 0 Å². The van der Waals surface area contributed by atoms with Crippen molar-refractivity contribution in [2.45, 2.75) is 24.7 Å². The highest BCUT2D eigenvalue weighted by atomic mass is 15.2. The maximum Gasteiger partial charge on any atom is 0.164 e. The van der Waals surface area contributed by atoms with Crippen molar-refractivity contribution in [2.24, 2.45) is 0 Å². The van der Waals surface area contributed by atoms with Gasteiger partial charge in [0, 0.05) is 33.4 Å². The fourth-order valence-electron chi connectivity index (χ4n) is 10.3. The molecule has 0 amide bonds. The molecule has 4 nitrogen and oxygen atoms in total. The van der Waals surface area contributed by atoms with Crippen molar-refractivity contribution < 1.29 is 0 Å². The summed E-state index contributed by atoms with van der Waals surface area (Å²) in [4.78, 5) is 18.0. The van der Waals surface area contributed by atoms with Gasteiger partial charge in [0.05, 0.1) is 16.8 Å². The SMILES string of the molecule is CC1(C)c2ccccc2N(c2ccccc2)c2c1ccc1c2C2(c3ccccc3-c3ccc(-c4nc(-c5ccccc5)nc(-c5ccccc5)n4)cc32)c2ccccc2-1. The highest BCUT2D eigenvalue weighted by Gasteiger charge is 2.55. The monoisotopic (exact) mass is 754 g/mol. The summed E-state index contributed by atoms with van der Waals surface area (Å²) in [7, 11) is 0. The third-order valence-electron chi connectivity index (χ3n) is 12.9. The van der Waals surface area contributed by atoms with Gasteiger partial charge in [0.1, 0.15) is 0 Å². The molecule has 1 aliphatic heterocycles. The summed E-state index contributed by atoms with van der Waals surface area (Å²) < 4.78 is 0. The average molecular weight is 755 g/mol. The van der Waals surface area contributed by atoms with Crippen LogP contribution in [-0.2, 0) is 10.8 Å². The Morgan fingerprint density at radius 1 is 0.373 bits per heavy atom. The maximum absolute atomic E-state index is 5.21. The largest absolute Gasteiger partial charge is 0.310 e. The van der Waals surface area contributed by atoms with Crippen LogP contribution in [0.15, 0.2) is 194 Å². The number of para-hydroxylation sites is 2. The number of rotatable bonds is 4. The van der Waals surface area contributed by atoms with E-state index < -0.39 is 5.41 Å². The van der Waals surface area contributed by atoms with Crippen molar-refractivity contribution in [2.75, 3.05) is 4.90 Å². The van der Waals surface area contributed by atoms with Crippen molar-refractivity contribution >= 4 is 17.1 Å².